The molecule has 1 aromatic rings. The molecule has 0 aliphatic carbocycles. The van der Waals surface area contributed by atoms with Gasteiger partial charge in [0.25, 0.3) is 5.91 Å². The first kappa shape index (κ1) is 13.3. The number of carboxylic acids is 1. The molecule has 0 saturated carbocycles. The number of nitrogens with one attached hydrogen (secondary N) is 1. The van der Waals surface area contributed by atoms with E-state index >= 15 is 0 Å². The fourth-order valence-electron chi connectivity index (χ4n) is 1.13. The molecule has 1 aromatic carbocycles. The van der Waals surface area contributed by atoms with Crippen LogP contribution < -0.4 is 5.32 Å². The summed E-state index contributed by atoms with van der Waals surface area (Å²) >= 11 is 5.77. The average molecular weight is 254 g/mol. The van der Waals surface area contributed by atoms with Gasteiger partial charge in [-0.1, -0.05) is 17.7 Å². The quantitative estimate of drug-likeness (QED) is 0.814. The van der Waals surface area contributed by atoms with Gasteiger partial charge in [0.05, 0.1) is 10.6 Å². The number of benzene rings is 1. The molecule has 90 valence electrons. The van der Waals surface area contributed by atoms with E-state index in [1.54, 1.807) is 19.9 Å². The van der Waals surface area contributed by atoms with Crippen molar-refractivity contribution in [2.45, 2.75) is 13.8 Å². The summed E-state index contributed by atoms with van der Waals surface area (Å²) in [4.78, 5) is 22.3. The first-order valence-electron chi connectivity index (χ1n) is 4.92. The van der Waals surface area contributed by atoms with Crippen LogP contribution in [0.4, 0.5) is 5.69 Å². The van der Waals surface area contributed by atoms with Gasteiger partial charge in [0.1, 0.15) is 0 Å². The molecule has 5 heteroatoms. The molecule has 0 heterocycles. The van der Waals surface area contributed by atoms with E-state index in [0.717, 1.165) is 0 Å². The molecule has 0 atom stereocenters. The lowest BCUT2D eigenvalue weighted by Gasteiger charge is -2.06. The summed E-state index contributed by atoms with van der Waals surface area (Å²) < 4.78 is 0. The molecular weight excluding hydrogens is 242 g/mol. The molecule has 2 N–H and O–H groups in total. The number of hydrogen-bond donors (Lipinski definition) is 2. The van der Waals surface area contributed by atoms with Crippen LogP contribution in [0.3, 0.4) is 0 Å². The molecule has 0 unspecified atom stereocenters. The minimum atomic E-state index is -1.10. The maximum atomic E-state index is 11.5. The van der Waals surface area contributed by atoms with Gasteiger partial charge >= 0.3 is 5.97 Å². The summed E-state index contributed by atoms with van der Waals surface area (Å²) in [6, 6.07) is 4.26. The number of carboxylic acid groups (broad SMARTS) is 1. The maximum Gasteiger partial charge on any atom is 0.337 e. The Morgan fingerprint density at radius 1 is 1.41 bits per heavy atom. The Balaban J connectivity index is 2.92. The second kappa shape index (κ2) is 5.50. The van der Waals surface area contributed by atoms with Gasteiger partial charge in [-0.05, 0) is 32.0 Å². The minimum Gasteiger partial charge on any atom is -0.478 e. The van der Waals surface area contributed by atoms with Crippen molar-refractivity contribution in [3.8, 4) is 0 Å². The number of halogens is 1. The number of carbonyl (C=O) groups excluding carboxylic acids is 1. The Labute approximate surface area is 104 Å². The van der Waals surface area contributed by atoms with Gasteiger partial charge in [-0.25, -0.2) is 4.79 Å². The highest BCUT2D eigenvalue weighted by Crippen LogP contribution is 2.21. The van der Waals surface area contributed by atoms with Gasteiger partial charge in [0.15, 0.2) is 0 Å². The van der Waals surface area contributed by atoms with Crippen LogP contribution in [0.2, 0.25) is 5.02 Å². The number of allylic oxidation sites excluding steroid dienone is 1. The largest absolute Gasteiger partial charge is 0.478 e. The van der Waals surface area contributed by atoms with E-state index in [0.29, 0.717) is 11.3 Å². The normalized spacial score (nSPS) is 11.1. The first-order chi connectivity index (χ1) is 7.95. The van der Waals surface area contributed by atoms with Crippen molar-refractivity contribution in [1.82, 2.24) is 0 Å². The van der Waals surface area contributed by atoms with Crippen molar-refractivity contribution in [3.63, 3.8) is 0 Å². The molecule has 17 heavy (non-hydrogen) atoms. The van der Waals surface area contributed by atoms with Crippen molar-refractivity contribution in [3.05, 3.63) is 40.4 Å². The number of rotatable bonds is 3. The number of hydrogen-bond acceptors (Lipinski definition) is 2. The van der Waals surface area contributed by atoms with Crippen LogP contribution in [0.5, 0.6) is 0 Å². The molecule has 1 rings (SSSR count). The van der Waals surface area contributed by atoms with E-state index in [9.17, 15) is 9.59 Å². The topological polar surface area (TPSA) is 66.4 Å². The van der Waals surface area contributed by atoms with Gasteiger partial charge in [0.2, 0.25) is 0 Å². The Morgan fingerprint density at radius 3 is 2.53 bits per heavy atom. The van der Waals surface area contributed by atoms with Gasteiger partial charge in [-0.3, -0.25) is 4.79 Å². The van der Waals surface area contributed by atoms with Gasteiger partial charge in [-0.15, -0.1) is 0 Å². The lowest BCUT2D eigenvalue weighted by molar-refractivity contribution is -0.112. The Hall–Kier alpha value is -1.81. The SMILES string of the molecule is CC=C(C)C(=O)Nc1ccc(C(=O)O)c(Cl)c1. The third kappa shape index (κ3) is 3.32. The third-order valence-electron chi connectivity index (χ3n) is 2.25. The second-order valence-electron chi connectivity index (χ2n) is 3.43. The van der Waals surface area contributed by atoms with Gasteiger partial charge in [0, 0.05) is 11.3 Å². The number of amides is 1. The molecule has 0 aliphatic rings. The van der Waals surface area contributed by atoms with E-state index < -0.39 is 5.97 Å². The zero-order chi connectivity index (χ0) is 13.0. The highest BCUT2D eigenvalue weighted by molar-refractivity contribution is 6.33. The number of anilines is 1. The minimum absolute atomic E-state index is 0.00687. The lowest BCUT2D eigenvalue weighted by Crippen LogP contribution is -2.12. The van der Waals surface area contributed by atoms with Crippen molar-refractivity contribution in [2.75, 3.05) is 5.32 Å². The van der Waals surface area contributed by atoms with Crippen LogP contribution in [-0.2, 0) is 4.79 Å². The van der Waals surface area contributed by atoms with E-state index in [2.05, 4.69) is 5.32 Å². The van der Waals surface area contributed by atoms with Crippen LogP contribution >= 0.6 is 11.6 Å². The maximum absolute atomic E-state index is 11.5. The predicted molar refractivity (Wildman–Crippen MR) is 66.5 cm³/mol. The molecular formula is C12H12ClNO3. The lowest BCUT2D eigenvalue weighted by atomic mass is 10.2. The Kier molecular flexibility index (Phi) is 4.29. The highest BCUT2D eigenvalue weighted by Gasteiger charge is 2.10. The Morgan fingerprint density at radius 2 is 2.06 bits per heavy atom. The average Bonchev–Trinajstić information content (AvgIpc) is 2.27. The fraction of sp³-hybridized carbons (Fsp3) is 0.167. The Bertz CT molecular complexity index is 495. The zero-order valence-electron chi connectivity index (χ0n) is 9.45. The standard InChI is InChI=1S/C12H12ClNO3/c1-3-7(2)11(15)14-8-4-5-9(12(16)17)10(13)6-8/h3-6H,1-2H3,(H,14,15)(H,16,17). The monoisotopic (exact) mass is 253 g/mol. The van der Waals surface area contributed by atoms with Crippen LogP contribution in [-0.4, -0.2) is 17.0 Å². The van der Waals surface area contributed by atoms with Crippen LogP contribution in [0.15, 0.2) is 29.8 Å². The molecule has 0 saturated heterocycles. The van der Waals surface area contributed by atoms with Crippen molar-refractivity contribution in [1.29, 1.82) is 0 Å². The third-order valence-corrected chi connectivity index (χ3v) is 2.56. The van der Waals surface area contributed by atoms with Crippen molar-refractivity contribution >= 4 is 29.2 Å². The van der Waals surface area contributed by atoms with E-state index in [-0.39, 0.29) is 16.5 Å². The summed E-state index contributed by atoms with van der Waals surface area (Å²) in [6.07, 6.45) is 1.68. The molecule has 0 spiro atoms. The van der Waals surface area contributed by atoms with E-state index in [4.69, 9.17) is 16.7 Å². The van der Waals surface area contributed by atoms with E-state index in [1.807, 2.05) is 0 Å². The van der Waals surface area contributed by atoms with Crippen molar-refractivity contribution in [2.24, 2.45) is 0 Å². The highest BCUT2D eigenvalue weighted by atomic mass is 35.5. The summed E-state index contributed by atoms with van der Waals surface area (Å²) in [7, 11) is 0. The predicted octanol–water partition coefficient (Wildman–Crippen LogP) is 2.94. The molecule has 0 bridgehead atoms. The molecule has 0 aliphatic heterocycles. The molecule has 4 nitrogen and oxygen atoms in total. The molecule has 1 amide bonds. The second-order valence-corrected chi connectivity index (χ2v) is 3.83. The van der Waals surface area contributed by atoms with Gasteiger partial charge in [-0.2, -0.15) is 0 Å². The first-order valence-corrected chi connectivity index (χ1v) is 5.30. The van der Waals surface area contributed by atoms with E-state index in [1.165, 1.54) is 18.2 Å². The van der Waals surface area contributed by atoms with Crippen LogP contribution in [0.1, 0.15) is 24.2 Å². The van der Waals surface area contributed by atoms with Crippen LogP contribution in [0.25, 0.3) is 0 Å². The molecule has 0 radical (unpaired) electrons. The molecule has 0 aromatic heterocycles. The van der Waals surface area contributed by atoms with Crippen molar-refractivity contribution < 1.29 is 14.7 Å². The summed E-state index contributed by atoms with van der Waals surface area (Å²) in [6.45, 7) is 3.44. The van der Waals surface area contributed by atoms with Crippen LogP contribution in [0, 0.1) is 0 Å². The number of aromatic carboxylic acids is 1. The molecule has 0 fully saturated rings. The number of carbonyl (C=O) groups is 2. The fourth-order valence-corrected chi connectivity index (χ4v) is 1.39. The zero-order valence-corrected chi connectivity index (χ0v) is 10.2. The summed E-state index contributed by atoms with van der Waals surface area (Å²) in [5.41, 5.74) is 1.04. The summed E-state index contributed by atoms with van der Waals surface area (Å²) in [5, 5.41) is 11.5. The summed E-state index contributed by atoms with van der Waals surface area (Å²) in [5.74, 6) is -1.34. The van der Waals surface area contributed by atoms with Gasteiger partial charge < -0.3 is 10.4 Å². The smallest absolute Gasteiger partial charge is 0.337 e.